The molecule has 1 aromatic carbocycles. The third kappa shape index (κ3) is 2.58. The molecular formula is C13H17NO3. The van der Waals surface area contributed by atoms with Crippen LogP contribution in [0.25, 0.3) is 0 Å². The maximum atomic E-state index is 10.7. The van der Waals surface area contributed by atoms with Crippen LogP contribution in [0.3, 0.4) is 0 Å². The van der Waals surface area contributed by atoms with Gasteiger partial charge < -0.3 is 15.1 Å². The number of carboxylic acid groups (broad SMARTS) is 1. The standard InChI is InChI=1S/C13H17NO3/c1-9-6-7-14(8-12(9)15)11-4-2-10(3-5-11)13(16)17/h2-5,9,12,15H,6-8H2,1H3,(H,16,17). The van der Waals surface area contributed by atoms with Gasteiger partial charge in [0.1, 0.15) is 0 Å². The Morgan fingerprint density at radius 3 is 2.53 bits per heavy atom. The summed E-state index contributed by atoms with van der Waals surface area (Å²) >= 11 is 0. The predicted molar refractivity (Wildman–Crippen MR) is 65.4 cm³/mol. The first-order chi connectivity index (χ1) is 8.08. The number of aliphatic hydroxyl groups is 1. The molecule has 0 bridgehead atoms. The fraction of sp³-hybridized carbons (Fsp3) is 0.462. The number of benzene rings is 1. The van der Waals surface area contributed by atoms with Crippen molar-refractivity contribution in [1.29, 1.82) is 0 Å². The van der Waals surface area contributed by atoms with Crippen LogP contribution in [0.2, 0.25) is 0 Å². The van der Waals surface area contributed by atoms with Crippen molar-refractivity contribution < 1.29 is 15.0 Å². The predicted octanol–water partition coefficient (Wildman–Crippen LogP) is 1.59. The normalized spacial score (nSPS) is 24.7. The lowest BCUT2D eigenvalue weighted by Gasteiger charge is -2.35. The number of hydrogen-bond acceptors (Lipinski definition) is 3. The topological polar surface area (TPSA) is 60.8 Å². The molecule has 2 N–H and O–H groups in total. The van der Waals surface area contributed by atoms with Crippen molar-refractivity contribution in [2.24, 2.45) is 5.92 Å². The minimum Gasteiger partial charge on any atom is -0.478 e. The van der Waals surface area contributed by atoms with E-state index in [4.69, 9.17) is 5.11 Å². The first-order valence-electron chi connectivity index (χ1n) is 5.84. The number of carboxylic acids is 1. The molecule has 2 atom stereocenters. The van der Waals surface area contributed by atoms with Gasteiger partial charge in [0, 0.05) is 18.8 Å². The number of piperidine rings is 1. The van der Waals surface area contributed by atoms with Gasteiger partial charge in [-0.05, 0) is 36.6 Å². The van der Waals surface area contributed by atoms with E-state index in [1.165, 1.54) is 0 Å². The van der Waals surface area contributed by atoms with Crippen molar-refractivity contribution in [1.82, 2.24) is 0 Å². The number of hydrogen-bond donors (Lipinski definition) is 2. The van der Waals surface area contributed by atoms with Crippen LogP contribution in [0.5, 0.6) is 0 Å². The van der Waals surface area contributed by atoms with Gasteiger partial charge in [-0.25, -0.2) is 4.79 Å². The summed E-state index contributed by atoms with van der Waals surface area (Å²) in [4.78, 5) is 12.8. The van der Waals surface area contributed by atoms with Gasteiger partial charge in [0.2, 0.25) is 0 Å². The number of anilines is 1. The second-order valence-electron chi connectivity index (χ2n) is 4.63. The van der Waals surface area contributed by atoms with Gasteiger partial charge in [0.05, 0.1) is 11.7 Å². The molecule has 1 aromatic rings. The Morgan fingerprint density at radius 1 is 1.35 bits per heavy atom. The number of rotatable bonds is 2. The highest BCUT2D eigenvalue weighted by atomic mass is 16.4. The smallest absolute Gasteiger partial charge is 0.335 e. The molecule has 0 aromatic heterocycles. The average molecular weight is 235 g/mol. The second kappa shape index (κ2) is 4.75. The molecule has 2 unspecified atom stereocenters. The maximum Gasteiger partial charge on any atom is 0.335 e. The quantitative estimate of drug-likeness (QED) is 0.817. The van der Waals surface area contributed by atoms with E-state index in [-0.39, 0.29) is 6.10 Å². The Labute approximate surface area is 100 Å². The van der Waals surface area contributed by atoms with Crippen LogP contribution >= 0.6 is 0 Å². The van der Waals surface area contributed by atoms with Gasteiger partial charge in [-0.2, -0.15) is 0 Å². The first kappa shape index (κ1) is 11.9. The Hall–Kier alpha value is -1.55. The van der Waals surface area contributed by atoms with E-state index < -0.39 is 5.97 Å². The molecule has 0 amide bonds. The SMILES string of the molecule is CC1CCN(c2ccc(C(=O)O)cc2)CC1O. The lowest BCUT2D eigenvalue weighted by Crippen LogP contribution is -2.42. The van der Waals surface area contributed by atoms with E-state index >= 15 is 0 Å². The highest BCUT2D eigenvalue weighted by Gasteiger charge is 2.24. The van der Waals surface area contributed by atoms with E-state index in [9.17, 15) is 9.90 Å². The molecule has 0 aliphatic carbocycles. The number of carbonyl (C=O) groups is 1. The molecule has 17 heavy (non-hydrogen) atoms. The average Bonchev–Trinajstić information content (AvgIpc) is 2.33. The van der Waals surface area contributed by atoms with Crippen LogP contribution in [0, 0.1) is 5.92 Å². The Kier molecular flexibility index (Phi) is 3.33. The second-order valence-corrected chi connectivity index (χ2v) is 4.63. The minimum absolute atomic E-state index is 0.291. The summed E-state index contributed by atoms with van der Waals surface area (Å²) in [6.45, 7) is 3.58. The summed E-state index contributed by atoms with van der Waals surface area (Å²) in [5.74, 6) is -0.576. The van der Waals surface area contributed by atoms with Crippen LogP contribution in [0.4, 0.5) is 5.69 Å². The fourth-order valence-corrected chi connectivity index (χ4v) is 2.10. The lowest BCUT2D eigenvalue weighted by molar-refractivity contribution is 0.0696. The summed E-state index contributed by atoms with van der Waals surface area (Å²) in [7, 11) is 0. The number of aromatic carboxylic acids is 1. The summed E-state index contributed by atoms with van der Waals surface area (Å²) < 4.78 is 0. The van der Waals surface area contributed by atoms with Crippen LogP contribution in [-0.2, 0) is 0 Å². The summed E-state index contributed by atoms with van der Waals surface area (Å²) in [5.41, 5.74) is 1.26. The molecule has 0 spiro atoms. The molecule has 1 aliphatic heterocycles. The van der Waals surface area contributed by atoms with Crippen molar-refractivity contribution in [3.05, 3.63) is 29.8 Å². The van der Waals surface area contributed by atoms with Crippen molar-refractivity contribution in [2.45, 2.75) is 19.4 Å². The van der Waals surface area contributed by atoms with Gasteiger partial charge in [0.25, 0.3) is 0 Å². The molecule has 1 fully saturated rings. The van der Waals surface area contributed by atoms with Gasteiger partial charge in [0.15, 0.2) is 0 Å². The molecule has 0 radical (unpaired) electrons. The maximum absolute atomic E-state index is 10.7. The molecule has 4 nitrogen and oxygen atoms in total. The Balaban J connectivity index is 2.10. The molecule has 1 saturated heterocycles. The molecule has 0 saturated carbocycles. The molecule has 4 heteroatoms. The van der Waals surface area contributed by atoms with Gasteiger partial charge in [-0.1, -0.05) is 6.92 Å². The van der Waals surface area contributed by atoms with E-state index in [0.717, 1.165) is 18.7 Å². The largest absolute Gasteiger partial charge is 0.478 e. The highest BCUT2D eigenvalue weighted by molar-refractivity contribution is 5.88. The summed E-state index contributed by atoms with van der Waals surface area (Å²) in [6, 6.07) is 6.79. The molecule has 1 heterocycles. The third-order valence-corrected chi connectivity index (χ3v) is 3.40. The van der Waals surface area contributed by atoms with Crippen LogP contribution in [-0.4, -0.2) is 35.4 Å². The number of β-amino-alcohol motifs (C(OH)–C–C–N with tert-alkyl or cyclic N) is 1. The third-order valence-electron chi connectivity index (χ3n) is 3.40. The van der Waals surface area contributed by atoms with Crippen molar-refractivity contribution >= 4 is 11.7 Å². The Morgan fingerprint density at radius 2 is 2.00 bits per heavy atom. The Bertz CT molecular complexity index is 402. The zero-order chi connectivity index (χ0) is 12.4. The molecular weight excluding hydrogens is 218 g/mol. The van der Waals surface area contributed by atoms with Gasteiger partial charge >= 0.3 is 5.97 Å². The van der Waals surface area contributed by atoms with Gasteiger partial charge in [-0.15, -0.1) is 0 Å². The first-order valence-corrected chi connectivity index (χ1v) is 5.84. The van der Waals surface area contributed by atoms with Gasteiger partial charge in [-0.3, -0.25) is 0 Å². The zero-order valence-electron chi connectivity index (χ0n) is 9.84. The van der Waals surface area contributed by atoms with E-state index in [1.54, 1.807) is 24.3 Å². The molecule has 92 valence electrons. The summed E-state index contributed by atoms with van der Waals surface area (Å²) in [5, 5.41) is 18.6. The fourth-order valence-electron chi connectivity index (χ4n) is 2.10. The van der Waals surface area contributed by atoms with Crippen molar-refractivity contribution in [3.8, 4) is 0 Å². The van der Waals surface area contributed by atoms with Crippen LogP contribution in [0.1, 0.15) is 23.7 Å². The highest BCUT2D eigenvalue weighted by Crippen LogP contribution is 2.23. The van der Waals surface area contributed by atoms with E-state index in [0.29, 0.717) is 18.0 Å². The minimum atomic E-state index is -0.913. The summed E-state index contributed by atoms with van der Waals surface area (Å²) in [6.07, 6.45) is 0.657. The lowest BCUT2D eigenvalue weighted by atomic mass is 9.95. The van der Waals surface area contributed by atoms with Crippen molar-refractivity contribution in [2.75, 3.05) is 18.0 Å². The number of nitrogens with zero attached hydrogens (tertiary/aromatic N) is 1. The number of aliphatic hydroxyl groups excluding tert-OH is 1. The van der Waals surface area contributed by atoms with E-state index in [2.05, 4.69) is 11.8 Å². The van der Waals surface area contributed by atoms with Crippen LogP contribution < -0.4 is 4.90 Å². The van der Waals surface area contributed by atoms with Crippen LogP contribution in [0.15, 0.2) is 24.3 Å². The van der Waals surface area contributed by atoms with Crippen molar-refractivity contribution in [3.63, 3.8) is 0 Å². The monoisotopic (exact) mass is 235 g/mol. The zero-order valence-corrected chi connectivity index (χ0v) is 9.84. The molecule has 1 aliphatic rings. The van der Waals surface area contributed by atoms with E-state index in [1.807, 2.05) is 0 Å². The molecule has 2 rings (SSSR count).